The first kappa shape index (κ1) is 21.9. The van der Waals surface area contributed by atoms with Gasteiger partial charge in [0.25, 0.3) is 0 Å². The van der Waals surface area contributed by atoms with Gasteiger partial charge < -0.3 is 10.1 Å². The molecular weight excluding hydrogens is 447 g/mol. The Morgan fingerprint density at radius 2 is 1.91 bits per heavy atom. The van der Waals surface area contributed by atoms with Crippen LogP contribution in [0.4, 0.5) is 18.9 Å². The van der Waals surface area contributed by atoms with E-state index in [1.807, 2.05) is 36.5 Å². The SMILES string of the molecule is COc1cc2ncnc(-c3cn(C)nc3-c3ccccc3)c2cc1NC(=O)[C@@H]1C[C@@H]1C(F)(F)F. The van der Waals surface area contributed by atoms with Gasteiger partial charge in [-0.1, -0.05) is 30.3 Å². The predicted molar refractivity (Wildman–Crippen MR) is 120 cm³/mol. The van der Waals surface area contributed by atoms with Gasteiger partial charge >= 0.3 is 6.18 Å². The number of fused-ring (bicyclic) bond motifs is 1. The fraction of sp³-hybridized carbons (Fsp3) is 0.250. The van der Waals surface area contributed by atoms with E-state index in [4.69, 9.17) is 4.74 Å². The van der Waals surface area contributed by atoms with Crippen LogP contribution in [-0.4, -0.2) is 38.9 Å². The van der Waals surface area contributed by atoms with Crippen molar-refractivity contribution < 1.29 is 22.7 Å². The number of carbonyl (C=O) groups is 1. The van der Waals surface area contributed by atoms with Gasteiger partial charge in [-0.3, -0.25) is 9.48 Å². The first-order chi connectivity index (χ1) is 16.3. The summed E-state index contributed by atoms with van der Waals surface area (Å²) in [4.78, 5) is 21.3. The Morgan fingerprint density at radius 1 is 1.15 bits per heavy atom. The zero-order chi connectivity index (χ0) is 24.0. The number of nitrogens with one attached hydrogen (secondary N) is 1. The van der Waals surface area contributed by atoms with Crippen molar-refractivity contribution in [1.82, 2.24) is 19.7 Å². The first-order valence-electron chi connectivity index (χ1n) is 10.6. The van der Waals surface area contributed by atoms with Crippen LogP contribution in [0.2, 0.25) is 0 Å². The van der Waals surface area contributed by atoms with Gasteiger partial charge in [-0.05, 0) is 12.5 Å². The molecule has 0 aliphatic heterocycles. The Labute approximate surface area is 192 Å². The minimum absolute atomic E-state index is 0.213. The molecule has 2 atom stereocenters. The molecule has 0 bridgehead atoms. The Hall–Kier alpha value is -3.95. The largest absolute Gasteiger partial charge is 0.494 e. The van der Waals surface area contributed by atoms with Crippen LogP contribution in [-0.2, 0) is 11.8 Å². The van der Waals surface area contributed by atoms with E-state index in [-0.39, 0.29) is 12.1 Å². The number of benzene rings is 2. The van der Waals surface area contributed by atoms with Crippen molar-refractivity contribution >= 4 is 22.5 Å². The van der Waals surface area contributed by atoms with Crippen LogP contribution in [0.1, 0.15) is 6.42 Å². The van der Waals surface area contributed by atoms with Gasteiger partial charge in [0, 0.05) is 35.8 Å². The van der Waals surface area contributed by atoms with E-state index in [1.54, 1.807) is 23.9 Å². The van der Waals surface area contributed by atoms with Gasteiger partial charge in [0.2, 0.25) is 5.91 Å². The second-order valence-corrected chi connectivity index (χ2v) is 8.20. The van der Waals surface area contributed by atoms with Crippen LogP contribution in [0.3, 0.4) is 0 Å². The molecule has 1 aliphatic rings. The standard InChI is InChI=1S/C24H20F3N5O2/c1-32-11-16(21(31-32)13-6-4-3-5-7-13)22-15-9-19(20(34-2)10-18(15)28-12-29-22)30-23(33)14-8-17(14)24(25,26)27/h3-7,9-12,14,17H,8H2,1-2H3,(H,30,33)/t14-,17+/m1/s1. The summed E-state index contributed by atoms with van der Waals surface area (Å²) in [6, 6.07) is 12.9. The number of nitrogens with zero attached hydrogens (tertiary/aromatic N) is 4. The number of methoxy groups -OCH3 is 1. The molecule has 7 nitrogen and oxygen atoms in total. The molecule has 5 rings (SSSR count). The molecule has 1 N–H and O–H groups in total. The minimum Gasteiger partial charge on any atom is -0.494 e. The smallest absolute Gasteiger partial charge is 0.392 e. The van der Waals surface area contributed by atoms with E-state index in [0.29, 0.717) is 22.3 Å². The van der Waals surface area contributed by atoms with E-state index in [0.717, 1.165) is 16.8 Å². The van der Waals surface area contributed by atoms with Crippen LogP contribution in [0, 0.1) is 11.8 Å². The summed E-state index contributed by atoms with van der Waals surface area (Å²) in [5.41, 5.74) is 3.77. The number of anilines is 1. The highest BCUT2D eigenvalue weighted by atomic mass is 19.4. The highest BCUT2D eigenvalue weighted by molar-refractivity contribution is 6.02. The van der Waals surface area contributed by atoms with E-state index in [9.17, 15) is 18.0 Å². The maximum absolute atomic E-state index is 12.9. The Bertz CT molecular complexity index is 1380. The molecule has 1 saturated carbocycles. The lowest BCUT2D eigenvalue weighted by atomic mass is 10.0. The van der Waals surface area contributed by atoms with Crippen molar-refractivity contribution in [3.63, 3.8) is 0 Å². The minimum atomic E-state index is -4.38. The summed E-state index contributed by atoms with van der Waals surface area (Å²) in [7, 11) is 3.23. The molecule has 174 valence electrons. The molecule has 0 spiro atoms. The summed E-state index contributed by atoms with van der Waals surface area (Å²) in [5, 5.41) is 7.80. The Kier molecular flexibility index (Phi) is 5.22. The average molecular weight is 467 g/mol. The third-order valence-electron chi connectivity index (χ3n) is 5.89. The van der Waals surface area contributed by atoms with Gasteiger partial charge in [0.05, 0.1) is 35.8 Å². The number of hydrogen-bond acceptors (Lipinski definition) is 5. The predicted octanol–water partition coefficient (Wildman–Crippen LogP) is 4.84. The number of carbonyl (C=O) groups excluding carboxylic acids is 1. The number of ether oxygens (including phenoxy) is 1. The molecule has 0 saturated heterocycles. The third-order valence-corrected chi connectivity index (χ3v) is 5.89. The van der Waals surface area contributed by atoms with Gasteiger partial charge in [-0.25, -0.2) is 9.97 Å². The number of halogens is 3. The van der Waals surface area contributed by atoms with Crippen molar-refractivity contribution in [3.05, 3.63) is 55.0 Å². The average Bonchev–Trinajstić information content (AvgIpc) is 3.55. The lowest BCUT2D eigenvalue weighted by molar-refractivity contribution is -0.153. The zero-order valence-corrected chi connectivity index (χ0v) is 18.3. The molecule has 1 fully saturated rings. The van der Waals surface area contributed by atoms with E-state index >= 15 is 0 Å². The van der Waals surface area contributed by atoms with Crippen LogP contribution < -0.4 is 10.1 Å². The highest BCUT2D eigenvalue weighted by Gasteiger charge is 2.58. The monoisotopic (exact) mass is 467 g/mol. The normalized spacial score (nSPS) is 17.6. The van der Waals surface area contributed by atoms with Gasteiger partial charge in [0.1, 0.15) is 17.8 Å². The number of aryl methyl sites for hydroxylation is 1. The second kappa shape index (κ2) is 8.12. The molecule has 0 unspecified atom stereocenters. The number of hydrogen-bond donors (Lipinski definition) is 1. The summed E-state index contributed by atoms with van der Waals surface area (Å²) in [6.07, 6.45) is -1.33. The molecule has 1 amide bonds. The molecule has 0 radical (unpaired) electrons. The topological polar surface area (TPSA) is 81.9 Å². The lowest BCUT2D eigenvalue weighted by Crippen LogP contribution is -2.20. The van der Waals surface area contributed by atoms with Crippen LogP contribution in [0.15, 0.2) is 55.0 Å². The maximum Gasteiger partial charge on any atom is 0.392 e. The molecule has 4 aromatic rings. The molecule has 2 aromatic carbocycles. The third kappa shape index (κ3) is 3.95. The number of amides is 1. The number of aromatic nitrogens is 4. The van der Waals surface area contributed by atoms with E-state index in [1.165, 1.54) is 13.4 Å². The molecule has 2 aromatic heterocycles. The summed E-state index contributed by atoms with van der Waals surface area (Å²) >= 11 is 0. The maximum atomic E-state index is 12.9. The van der Waals surface area contributed by atoms with Gasteiger partial charge in [0.15, 0.2) is 0 Å². The van der Waals surface area contributed by atoms with Crippen molar-refractivity contribution in [2.24, 2.45) is 18.9 Å². The summed E-state index contributed by atoms with van der Waals surface area (Å²) < 4.78 is 45.9. The fourth-order valence-corrected chi connectivity index (χ4v) is 4.11. The Balaban J connectivity index is 1.58. The zero-order valence-electron chi connectivity index (χ0n) is 18.3. The molecular formula is C24H20F3N5O2. The number of alkyl halides is 3. The van der Waals surface area contributed by atoms with Crippen LogP contribution in [0.25, 0.3) is 33.4 Å². The van der Waals surface area contributed by atoms with Crippen molar-refractivity contribution in [3.8, 4) is 28.3 Å². The lowest BCUT2D eigenvalue weighted by Gasteiger charge is -2.13. The first-order valence-corrected chi connectivity index (χ1v) is 10.6. The van der Waals surface area contributed by atoms with E-state index in [2.05, 4.69) is 20.4 Å². The van der Waals surface area contributed by atoms with Crippen molar-refractivity contribution in [2.45, 2.75) is 12.6 Å². The highest BCUT2D eigenvalue weighted by Crippen LogP contribution is 2.50. The second-order valence-electron chi connectivity index (χ2n) is 8.20. The van der Waals surface area contributed by atoms with Crippen molar-refractivity contribution in [2.75, 3.05) is 12.4 Å². The number of rotatable bonds is 5. The molecule has 2 heterocycles. The van der Waals surface area contributed by atoms with Crippen molar-refractivity contribution in [1.29, 1.82) is 0 Å². The molecule has 10 heteroatoms. The fourth-order valence-electron chi connectivity index (χ4n) is 4.11. The summed E-state index contributed by atoms with van der Waals surface area (Å²) in [6.45, 7) is 0. The van der Waals surface area contributed by atoms with E-state index < -0.39 is 23.9 Å². The Morgan fingerprint density at radius 3 is 2.59 bits per heavy atom. The van der Waals surface area contributed by atoms with Gasteiger partial charge in [-0.15, -0.1) is 0 Å². The summed E-state index contributed by atoms with van der Waals surface area (Å²) in [5.74, 6) is -3.11. The molecule has 1 aliphatic carbocycles. The molecule has 34 heavy (non-hydrogen) atoms. The van der Waals surface area contributed by atoms with Gasteiger partial charge in [-0.2, -0.15) is 18.3 Å². The van der Waals surface area contributed by atoms with Crippen LogP contribution in [0.5, 0.6) is 5.75 Å². The van der Waals surface area contributed by atoms with Crippen LogP contribution >= 0.6 is 0 Å². The quantitative estimate of drug-likeness (QED) is 0.454.